The van der Waals surface area contributed by atoms with Crippen LogP contribution in [-0.2, 0) is 7.05 Å². The Balaban J connectivity index is 2.18. The summed E-state index contributed by atoms with van der Waals surface area (Å²) in [5.74, 6) is 0. The average Bonchev–Trinajstić information content (AvgIpc) is 2.58. The van der Waals surface area contributed by atoms with Gasteiger partial charge < -0.3 is 5.32 Å². The fourth-order valence-corrected chi connectivity index (χ4v) is 1.24. The van der Waals surface area contributed by atoms with Crippen LogP contribution in [0.15, 0.2) is 18.3 Å². The number of hydrogen-bond donors (Lipinski definition) is 1. The fraction of sp³-hybridized carbons (Fsp3) is 0.545. The summed E-state index contributed by atoms with van der Waals surface area (Å²) in [6.07, 6.45) is 8.38. The zero-order valence-electron chi connectivity index (χ0n) is 9.03. The van der Waals surface area contributed by atoms with E-state index in [-0.39, 0.29) is 0 Å². The molecule has 0 fully saturated rings. The van der Waals surface area contributed by atoms with Crippen LogP contribution >= 0.6 is 0 Å². The molecule has 1 aromatic rings. The summed E-state index contributed by atoms with van der Waals surface area (Å²) in [6, 6.07) is 2.01. The number of nitrogens with one attached hydrogen (secondary N) is 1. The van der Waals surface area contributed by atoms with E-state index in [1.807, 2.05) is 24.0 Å². The van der Waals surface area contributed by atoms with Crippen LogP contribution in [-0.4, -0.2) is 22.9 Å². The monoisotopic (exact) mass is 193 g/mol. The molecule has 1 heterocycles. The molecule has 0 spiro atoms. The third-order valence-electron chi connectivity index (χ3n) is 2.06. The van der Waals surface area contributed by atoms with Crippen molar-refractivity contribution >= 4 is 6.08 Å². The largest absolute Gasteiger partial charge is 0.316 e. The Morgan fingerprint density at radius 3 is 3.00 bits per heavy atom. The summed E-state index contributed by atoms with van der Waals surface area (Å²) in [6.45, 7) is 4.35. The first-order valence-electron chi connectivity index (χ1n) is 5.20. The molecule has 1 N–H and O–H groups in total. The molecule has 78 valence electrons. The zero-order chi connectivity index (χ0) is 10.2. The molecule has 0 radical (unpaired) electrons. The lowest BCUT2D eigenvalue weighted by atomic mass is 10.3. The van der Waals surface area contributed by atoms with E-state index in [2.05, 4.69) is 29.5 Å². The predicted octanol–water partition coefficient (Wildman–Crippen LogP) is 1.82. The van der Waals surface area contributed by atoms with Gasteiger partial charge in [-0.25, -0.2) is 0 Å². The third-order valence-corrected chi connectivity index (χ3v) is 2.06. The molecular weight excluding hydrogens is 174 g/mol. The molecule has 0 aromatic carbocycles. The van der Waals surface area contributed by atoms with Crippen molar-refractivity contribution in [3.05, 3.63) is 24.0 Å². The first-order valence-corrected chi connectivity index (χ1v) is 5.20. The second kappa shape index (κ2) is 6.38. The Kier molecular flexibility index (Phi) is 5.00. The fourth-order valence-electron chi connectivity index (χ4n) is 1.24. The summed E-state index contributed by atoms with van der Waals surface area (Å²) in [7, 11) is 1.95. The standard InChI is InChI=1S/C11H19N3/c1-3-8-12-9-5-4-6-11-7-10-13-14(11)2/h4,6-7,10,12H,3,5,8-9H2,1-2H3. The molecule has 0 aliphatic heterocycles. The molecule has 14 heavy (non-hydrogen) atoms. The van der Waals surface area contributed by atoms with Crippen LogP contribution < -0.4 is 5.32 Å². The Morgan fingerprint density at radius 1 is 1.50 bits per heavy atom. The molecule has 0 unspecified atom stereocenters. The van der Waals surface area contributed by atoms with Gasteiger partial charge in [0.1, 0.15) is 0 Å². The summed E-state index contributed by atoms with van der Waals surface area (Å²) < 4.78 is 1.87. The molecule has 0 saturated heterocycles. The highest BCUT2D eigenvalue weighted by molar-refractivity contribution is 5.43. The molecule has 0 bridgehead atoms. The minimum absolute atomic E-state index is 1.06. The van der Waals surface area contributed by atoms with Crippen LogP contribution in [0.1, 0.15) is 25.5 Å². The van der Waals surface area contributed by atoms with Gasteiger partial charge in [0.15, 0.2) is 0 Å². The minimum atomic E-state index is 1.06. The molecule has 1 rings (SSSR count). The summed E-state index contributed by atoms with van der Waals surface area (Å²) in [5, 5.41) is 7.45. The van der Waals surface area contributed by atoms with Crippen LogP contribution in [0.5, 0.6) is 0 Å². The lowest BCUT2D eigenvalue weighted by molar-refractivity contribution is 0.678. The highest BCUT2D eigenvalue weighted by Gasteiger charge is 1.90. The van der Waals surface area contributed by atoms with E-state index >= 15 is 0 Å². The molecule has 0 saturated carbocycles. The lowest BCUT2D eigenvalue weighted by Crippen LogP contribution is -2.14. The maximum absolute atomic E-state index is 4.09. The van der Waals surface area contributed by atoms with Crippen molar-refractivity contribution in [1.82, 2.24) is 15.1 Å². The van der Waals surface area contributed by atoms with Gasteiger partial charge in [-0.15, -0.1) is 0 Å². The highest BCUT2D eigenvalue weighted by atomic mass is 15.2. The van der Waals surface area contributed by atoms with E-state index in [9.17, 15) is 0 Å². The Labute approximate surface area is 85.8 Å². The van der Waals surface area contributed by atoms with E-state index < -0.39 is 0 Å². The van der Waals surface area contributed by atoms with Gasteiger partial charge in [0.05, 0.1) is 5.69 Å². The van der Waals surface area contributed by atoms with Crippen molar-refractivity contribution in [2.45, 2.75) is 19.8 Å². The Morgan fingerprint density at radius 2 is 2.36 bits per heavy atom. The first kappa shape index (κ1) is 11.0. The molecule has 0 aliphatic carbocycles. The predicted molar refractivity (Wildman–Crippen MR) is 60.0 cm³/mol. The van der Waals surface area contributed by atoms with Crippen LogP contribution in [0.25, 0.3) is 6.08 Å². The topological polar surface area (TPSA) is 29.9 Å². The highest BCUT2D eigenvalue weighted by Crippen LogP contribution is 1.99. The summed E-state index contributed by atoms with van der Waals surface area (Å²) in [5.41, 5.74) is 1.15. The van der Waals surface area contributed by atoms with E-state index in [1.54, 1.807) is 0 Å². The lowest BCUT2D eigenvalue weighted by Gasteiger charge is -1.98. The number of nitrogens with zero attached hydrogens (tertiary/aromatic N) is 2. The molecular formula is C11H19N3. The van der Waals surface area contributed by atoms with Crippen LogP contribution in [0.3, 0.4) is 0 Å². The smallest absolute Gasteiger partial charge is 0.0603 e. The third kappa shape index (κ3) is 3.75. The van der Waals surface area contributed by atoms with Crippen molar-refractivity contribution in [2.24, 2.45) is 7.05 Å². The molecule has 0 atom stereocenters. The number of rotatable bonds is 6. The van der Waals surface area contributed by atoms with E-state index in [1.165, 1.54) is 6.42 Å². The van der Waals surface area contributed by atoms with E-state index in [0.717, 1.165) is 25.2 Å². The molecule has 1 aromatic heterocycles. The van der Waals surface area contributed by atoms with Gasteiger partial charge in [-0.2, -0.15) is 5.10 Å². The van der Waals surface area contributed by atoms with Gasteiger partial charge in [-0.05, 0) is 38.1 Å². The molecule has 3 nitrogen and oxygen atoms in total. The second-order valence-electron chi connectivity index (χ2n) is 3.32. The van der Waals surface area contributed by atoms with Gasteiger partial charge in [-0.3, -0.25) is 4.68 Å². The van der Waals surface area contributed by atoms with Crippen LogP contribution in [0.4, 0.5) is 0 Å². The Hall–Kier alpha value is -1.09. The number of aromatic nitrogens is 2. The van der Waals surface area contributed by atoms with Crippen molar-refractivity contribution in [3.8, 4) is 0 Å². The van der Waals surface area contributed by atoms with Crippen LogP contribution in [0.2, 0.25) is 0 Å². The van der Waals surface area contributed by atoms with Crippen molar-refractivity contribution in [1.29, 1.82) is 0 Å². The van der Waals surface area contributed by atoms with Crippen molar-refractivity contribution < 1.29 is 0 Å². The Bertz CT molecular complexity index is 276. The summed E-state index contributed by atoms with van der Waals surface area (Å²) in [4.78, 5) is 0. The van der Waals surface area contributed by atoms with Crippen LogP contribution in [0, 0.1) is 0 Å². The first-order chi connectivity index (χ1) is 6.84. The number of hydrogen-bond acceptors (Lipinski definition) is 2. The maximum atomic E-state index is 4.09. The van der Waals surface area contributed by atoms with E-state index in [4.69, 9.17) is 0 Å². The molecule has 0 aliphatic rings. The van der Waals surface area contributed by atoms with Crippen molar-refractivity contribution in [2.75, 3.05) is 13.1 Å². The average molecular weight is 193 g/mol. The van der Waals surface area contributed by atoms with Gasteiger partial charge >= 0.3 is 0 Å². The van der Waals surface area contributed by atoms with E-state index in [0.29, 0.717) is 0 Å². The quantitative estimate of drug-likeness (QED) is 0.698. The van der Waals surface area contributed by atoms with Crippen molar-refractivity contribution in [3.63, 3.8) is 0 Å². The minimum Gasteiger partial charge on any atom is -0.316 e. The SMILES string of the molecule is CCCNCCC=Cc1ccnn1C. The second-order valence-corrected chi connectivity index (χ2v) is 3.32. The van der Waals surface area contributed by atoms with Gasteiger partial charge in [0.25, 0.3) is 0 Å². The number of aryl methyl sites for hydroxylation is 1. The summed E-state index contributed by atoms with van der Waals surface area (Å²) >= 11 is 0. The van der Waals surface area contributed by atoms with Gasteiger partial charge in [0.2, 0.25) is 0 Å². The zero-order valence-corrected chi connectivity index (χ0v) is 9.03. The van der Waals surface area contributed by atoms with Gasteiger partial charge in [0, 0.05) is 13.2 Å². The normalized spacial score (nSPS) is 11.3. The molecule has 3 heteroatoms. The maximum Gasteiger partial charge on any atom is 0.0603 e. The van der Waals surface area contributed by atoms with Gasteiger partial charge in [-0.1, -0.05) is 13.0 Å². The molecule has 0 amide bonds.